The van der Waals surface area contributed by atoms with Crippen molar-refractivity contribution in [1.29, 1.82) is 0 Å². The molecule has 2 N–H and O–H groups in total. The maximum Gasteiger partial charge on any atom is 0.303 e. The number of hydrogen-bond acceptors (Lipinski definition) is 6. The van der Waals surface area contributed by atoms with Gasteiger partial charge in [-0.1, -0.05) is 5.57 Å². The Balaban J connectivity index is 1.82. The summed E-state index contributed by atoms with van der Waals surface area (Å²) in [6, 6.07) is 3.64. The van der Waals surface area contributed by atoms with Gasteiger partial charge in [-0.3, -0.25) is 9.69 Å². The summed E-state index contributed by atoms with van der Waals surface area (Å²) in [4.78, 5) is 13.7. The molecule has 1 saturated heterocycles. The second-order valence-corrected chi connectivity index (χ2v) is 6.72. The van der Waals surface area contributed by atoms with E-state index in [1.807, 2.05) is 12.1 Å². The Labute approximate surface area is 140 Å². The molecular weight excluding hydrogens is 310 g/mol. The minimum atomic E-state index is -0.823. The molecule has 128 valence electrons. The molecule has 24 heavy (non-hydrogen) atoms. The minimum Gasteiger partial charge on any atom is -0.504 e. The van der Waals surface area contributed by atoms with Crippen molar-refractivity contribution in [3.05, 3.63) is 34.9 Å². The van der Waals surface area contributed by atoms with Crippen LogP contribution in [-0.2, 0) is 16.1 Å². The number of benzene rings is 1. The molecule has 4 rings (SSSR count). The lowest BCUT2D eigenvalue weighted by Gasteiger charge is -2.45. The molecule has 1 aromatic rings. The van der Waals surface area contributed by atoms with Crippen LogP contribution in [0, 0.1) is 0 Å². The van der Waals surface area contributed by atoms with E-state index in [0.29, 0.717) is 5.75 Å². The normalized spacial score (nSPS) is 31.0. The van der Waals surface area contributed by atoms with Crippen LogP contribution in [0.15, 0.2) is 23.8 Å². The van der Waals surface area contributed by atoms with Crippen molar-refractivity contribution in [1.82, 2.24) is 4.90 Å². The number of carbonyl (C=O) groups excluding carboxylic acids is 1. The summed E-state index contributed by atoms with van der Waals surface area (Å²) >= 11 is 0. The predicted molar refractivity (Wildman–Crippen MR) is 85.9 cm³/mol. The number of hydrogen-bond donors (Lipinski definition) is 2. The van der Waals surface area contributed by atoms with Crippen molar-refractivity contribution in [3.8, 4) is 11.5 Å². The van der Waals surface area contributed by atoms with E-state index in [-0.39, 0.29) is 17.7 Å². The molecule has 6 heteroatoms. The first-order chi connectivity index (χ1) is 11.5. The zero-order valence-corrected chi connectivity index (χ0v) is 13.7. The van der Waals surface area contributed by atoms with Crippen LogP contribution in [0.1, 0.15) is 30.4 Å². The monoisotopic (exact) mass is 331 g/mol. The van der Waals surface area contributed by atoms with E-state index in [1.165, 1.54) is 19.6 Å². The standard InChI is InChI=1S/C18H21NO5/c1-9(20)24-15-6-10-3-4-19-8-11-5-13(21)14(23-2)7-12(11)16(17(10)19)18(15)22/h5-7,15-18,21-22H,3-4,8H2,1-2H3. The minimum absolute atomic E-state index is 0.103. The summed E-state index contributed by atoms with van der Waals surface area (Å²) in [6.07, 6.45) is 1.36. The summed E-state index contributed by atoms with van der Waals surface area (Å²) in [5.74, 6) is -0.0994. The first-order valence-corrected chi connectivity index (χ1v) is 8.19. The molecule has 1 aromatic carbocycles. The molecule has 1 fully saturated rings. The quantitative estimate of drug-likeness (QED) is 0.628. The van der Waals surface area contributed by atoms with Crippen LogP contribution >= 0.6 is 0 Å². The topological polar surface area (TPSA) is 79.2 Å². The Bertz CT molecular complexity index is 728. The van der Waals surface area contributed by atoms with Gasteiger partial charge >= 0.3 is 5.97 Å². The number of nitrogens with zero attached hydrogens (tertiary/aromatic N) is 1. The largest absolute Gasteiger partial charge is 0.504 e. The second-order valence-electron chi connectivity index (χ2n) is 6.72. The number of carbonyl (C=O) groups is 1. The van der Waals surface area contributed by atoms with E-state index >= 15 is 0 Å². The van der Waals surface area contributed by atoms with Crippen molar-refractivity contribution < 1.29 is 24.5 Å². The molecule has 0 spiro atoms. The Morgan fingerprint density at radius 1 is 1.38 bits per heavy atom. The van der Waals surface area contributed by atoms with E-state index < -0.39 is 18.2 Å². The number of methoxy groups -OCH3 is 1. The zero-order valence-electron chi connectivity index (χ0n) is 13.7. The third kappa shape index (κ3) is 2.21. The lowest BCUT2D eigenvalue weighted by atomic mass is 9.73. The fraction of sp³-hybridized carbons (Fsp3) is 0.500. The number of aromatic hydroxyl groups is 1. The fourth-order valence-electron chi connectivity index (χ4n) is 4.42. The van der Waals surface area contributed by atoms with Gasteiger partial charge in [-0.15, -0.1) is 0 Å². The van der Waals surface area contributed by atoms with Crippen LogP contribution in [0.25, 0.3) is 0 Å². The number of phenols is 1. The summed E-state index contributed by atoms with van der Waals surface area (Å²) in [7, 11) is 1.51. The molecule has 0 bridgehead atoms. The van der Waals surface area contributed by atoms with Crippen LogP contribution in [0.4, 0.5) is 0 Å². The first kappa shape index (κ1) is 15.5. The number of aliphatic hydroxyl groups is 1. The average Bonchev–Trinajstić information content (AvgIpc) is 2.92. The zero-order chi connectivity index (χ0) is 17.0. The molecule has 0 radical (unpaired) electrons. The van der Waals surface area contributed by atoms with E-state index in [0.717, 1.165) is 30.6 Å². The van der Waals surface area contributed by atoms with Gasteiger partial charge in [0.15, 0.2) is 11.5 Å². The molecule has 2 aliphatic heterocycles. The SMILES string of the molecule is COc1cc2c(cc1O)CN1CCC3=CC(OC(C)=O)C(O)C2C31. The highest BCUT2D eigenvalue weighted by Crippen LogP contribution is 2.49. The van der Waals surface area contributed by atoms with Crippen molar-refractivity contribution in [2.75, 3.05) is 13.7 Å². The summed E-state index contributed by atoms with van der Waals surface area (Å²) in [5.41, 5.74) is 3.16. The third-order valence-corrected chi connectivity index (χ3v) is 5.36. The summed E-state index contributed by atoms with van der Waals surface area (Å²) in [6.45, 7) is 2.99. The lowest BCUT2D eigenvalue weighted by molar-refractivity contribution is -0.150. The van der Waals surface area contributed by atoms with E-state index in [4.69, 9.17) is 9.47 Å². The van der Waals surface area contributed by atoms with Crippen molar-refractivity contribution in [2.45, 2.75) is 44.1 Å². The second kappa shape index (κ2) is 5.50. The van der Waals surface area contributed by atoms with Crippen molar-refractivity contribution in [3.63, 3.8) is 0 Å². The highest BCUT2D eigenvalue weighted by atomic mass is 16.6. The van der Waals surface area contributed by atoms with Crippen LogP contribution in [0.3, 0.4) is 0 Å². The molecule has 0 amide bonds. The summed E-state index contributed by atoms with van der Waals surface area (Å²) < 4.78 is 10.6. The molecule has 3 aliphatic rings. The van der Waals surface area contributed by atoms with Crippen LogP contribution in [0.5, 0.6) is 11.5 Å². The molecule has 0 aromatic heterocycles. The van der Waals surface area contributed by atoms with Crippen LogP contribution in [-0.4, -0.2) is 53.0 Å². The average molecular weight is 331 g/mol. The molecule has 4 unspecified atom stereocenters. The van der Waals surface area contributed by atoms with E-state index in [2.05, 4.69) is 4.90 Å². The number of aliphatic hydroxyl groups excluding tert-OH is 1. The number of phenolic OH excluding ortho intramolecular Hbond substituents is 1. The first-order valence-electron chi connectivity index (χ1n) is 8.19. The molecular formula is C18H21NO5. The van der Waals surface area contributed by atoms with Gasteiger partial charge in [0, 0.05) is 32.0 Å². The maximum absolute atomic E-state index is 11.4. The van der Waals surface area contributed by atoms with Gasteiger partial charge in [-0.2, -0.15) is 0 Å². The fourth-order valence-corrected chi connectivity index (χ4v) is 4.42. The Kier molecular flexibility index (Phi) is 3.54. The van der Waals surface area contributed by atoms with Gasteiger partial charge in [0.05, 0.1) is 7.11 Å². The Hall–Kier alpha value is -2.05. The number of ether oxygens (including phenoxy) is 2. The third-order valence-electron chi connectivity index (χ3n) is 5.36. The van der Waals surface area contributed by atoms with E-state index in [1.54, 1.807) is 6.07 Å². The van der Waals surface area contributed by atoms with Crippen LogP contribution in [0.2, 0.25) is 0 Å². The molecule has 4 atom stereocenters. The van der Waals surface area contributed by atoms with Gasteiger partial charge in [-0.25, -0.2) is 0 Å². The highest BCUT2D eigenvalue weighted by Gasteiger charge is 2.49. The molecule has 1 aliphatic carbocycles. The molecule has 2 heterocycles. The summed E-state index contributed by atoms with van der Waals surface area (Å²) in [5, 5.41) is 21.0. The van der Waals surface area contributed by atoms with Crippen molar-refractivity contribution >= 4 is 5.97 Å². The van der Waals surface area contributed by atoms with Gasteiger partial charge in [0.25, 0.3) is 0 Å². The van der Waals surface area contributed by atoms with Gasteiger partial charge in [0.2, 0.25) is 0 Å². The highest BCUT2D eigenvalue weighted by molar-refractivity contribution is 5.66. The lowest BCUT2D eigenvalue weighted by Crippen LogP contribution is -2.50. The maximum atomic E-state index is 11.4. The van der Waals surface area contributed by atoms with Crippen molar-refractivity contribution in [2.24, 2.45) is 0 Å². The smallest absolute Gasteiger partial charge is 0.303 e. The van der Waals surface area contributed by atoms with E-state index in [9.17, 15) is 15.0 Å². The van der Waals surface area contributed by atoms with Gasteiger partial charge < -0.3 is 19.7 Å². The number of esters is 1. The molecule has 6 nitrogen and oxygen atoms in total. The van der Waals surface area contributed by atoms with Gasteiger partial charge in [0.1, 0.15) is 12.2 Å². The van der Waals surface area contributed by atoms with Crippen LogP contribution < -0.4 is 4.74 Å². The Morgan fingerprint density at radius 2 is 2.17 bits per heavy atom. The number of rotatable bonds is 2. The Morgan fingerprint density at radius 3 is 2.88 bits per heavy atom. The van der Waals surface area contributed by atoms with Gasteiger partial charge in [-0.05, 0) is 35.8 Å². The number of fused-ring (bicyclic) bond motifs is 2. The predicted octanol–water partition coefficient (Wildman–Crippen LogP) is 1.30. The molecule has 0 saturated carbocycles.